The Hall–Kier alpha value is -1.57. The lowest BCUT2D eigenvalue weighted by atomic mass is 10.2. The van der Waals surface area contributed by atoms with Crippen LogP contribution in [-0.4, -0.2) is 25.3 Å². The van der Waals surface area contributed by atoms with Gasteiger partial charge in [-0.3, -0.25) is 4.79 Å². The quantitative estimate of drug-likeness (QED) is 0.515. The van der Waals surface area contributed by atoms with Gasteiger partial charge in [-0.25, -0.2) is 0 Å². The first-order valence-electron chi connectivity index (χ1n) is 4.13. The van der Waals surface area contributed by atoms with E-state index in [1.807, 2.05) is 50.5 Å². The van der Waals surface area contributed by atoms with Crippen molar-refractivity contribution in [3.8, 4) is 0 Å². The molecule has 0 saturated heterocycles. The third-order valence-electron chi connectivity index (χ3n) is 1.75. The Morgan fingerprint density at radius 1 is 1.23 bits per heavy atom. The van der Waals surface area contributed by atoms with Crippen molar-refractivity contribution in [2.75, 3.05) is 14.1 Å². The molecule has 0 aromatic heterocycles. The van der Waals surface area contributed by atoms with E-state index in [0.29, 0.717) is 5.70 Å². The minimum absolute atomic E-state index is 0.672. The van der Waals surface area contributed by atoms with E-state index in [2.05, 4.69) is 0 Å². The van der Waals surface area contributed by atoms with Crippen molar-refractivity contribution in [3.63, 3.8) is 0 Å². The van der Waals surface area contributed by atoms with Gasteiger partial charge in [0, 0.05) is 14.1 Å². The summed E-state index contributed by atoms with van der Waals surface area (Å²) in [6, 6.07) is 9.78. The molecule has 0 unspecified atom stereocenters. The number of rotatable bonds is 3. The highest BCUT2D eigenvalue weighted by Crippen LogP contribution is 2.05. The van der Waals surface area contributed by atoms with Gasteiger partial charge in [-0.15, -0.1) is 0 Å². The first kappa shape index (κ1) is 9.52. The number of likely N-dealkylation sites (N-methyl/N-ethyl adjacent to an activating group) is 1. The Labute approximate surface area is 78.5 Å². The van der Waals surface area contributed by atoms with Crippen molar-refractivity contribution in [2.45, 2.75) is 0 Å². The smallest absolute Gasteiger partial charge is 0.166 e. The van der Waals surface area contributed by atoms with Crippen LogP contribution < -0.4 is 0 Å². The van der Waals surface area contributed by atoms with Gasteiger partial charge in [0.25, 0.3) is 0 Å². The Bertz CT molecular complexity index is 301. The Morgan fingerprint density at radius 3 is 2.31 bits per heavy atom. The van der Waals surface area contributed by atoms with Crippen LogP contribution in [0.25, 0.3) is 6.08 Å². The second-order valence-electron chi connectivity index (χ2n) is 2.99. The molecule has 1 aromatic carbocycles. The number of allylic oxidation sites excluding steroid dienone is 1. The molecule has 0 N–H and O–H groups in total. The second-order valence-corrected chi connectivity index (χ2v) is 2.99. The van der Waals surface area contributed by atoms with E-state index in [0.717, 1.165) is 11.8 Å². The molecular formula is C11H13NO. The summed E-state index contributed by atoms with van der Waals surface area (Å²) in [5, 5.41) is 0. The molecule has 0 spiro atoms. The van der Waals surface area contributed by atoms with E-state index in [-0.39, 0.29) is 0 Å². The molecule has 0 saturated carbocycles. The summed E-state index contributed by atoms with van der Waals surface area (Å²) in [5.74, 6) is 0. The fourth-order valence-electron chi connectivity index (χ4n) is 0.989. The maximum Gasteiger partial charge on any atom is 0.166 e. The van der Waals surface area contributed by atoms with Crippen LogP contribution in [0.2, 0.25) is 0 Å². The highest BCUT2D eigenvalue weighted by atomic mass is 16.1. The highest BCUT2D eigenvalue weighted by molar-refractivity contribution is 5.80. The number of aldehydes is 1. The predicted octanol–water partition coefficient (Wildman–Crippen LogP) is 1.79. The number of hydrogen-bond donors (Lipinski definition) is 0. The fourth-order valence-corrected chi connectivity index (χ4v) is 0.989. The van der Waals surface area contributed by atoms with Crippen molar-refractivity contribution in [1.29, 1.82) is 0 Å². The van der Waals surface area contributed by atoms with Crippen LogP contribution in [-0.2, 0) is 4.79 Å². The molecule has 1 rings (SSSR count). The lowest BCUT2D eigenvalue weighted by molar-refractivity contribution is -0.105. The highest BCUT2D eigenvalue weighted by Gasteiger charge is 1.96. The monoisotopic (exact) mass is 175 g/mol. The van der Waals surface area contributed by atoms with E-state index in [9.17, 15) is 4.79 Å². The maximum absolute atomic E-state index is 10.6. The number of benzene rings is 1. The zero-order valence-electron chi connectivity index (χ0n) is 7.90. The average molecular weight is 175 g/mol. The van der Waals surface area contributed by atoms with Crippen LogP contribution in [0.4, 0.5) is 0 Å². The Balaban J connectivity index is 2.92. The third kappa shape index (κ3) is 2.75. The molecule has 0 aliphatic rings. The zero-order chi connectivity index (χ0) is 9.68. The van der Waals surface area contributed by atoms with Gasteiger partial charge in [0.2, 0.25) is 0 Å². The lowest BCUT2D eigenvalue weighted by Crippen LogP contribution is -2.11. The van der Waals surface area contributed by atoms with Gasteiger partial charge in [0.15, 0.2) is 6.29 Å². The summed E-state index contributed by atoms with van der Waals surface area (Å²) in [6.07, 6.45) is 2.71. The first-order valence-corrected chi connectivity index (χ1v) is 4.13. The number of hydrogen-bond acceptors (Lipinski definition) is 2. The Kier molecular flexibility index (Phi) is 3.26. The van der Waals surface area contributed by atoms with E-state index < -0.39 is 0 Å². The summed E-state index contributed by atoms with van der Waals surface area (Å²) in [7, 11) is 3.70. The van der Waals surface area contributed by atoms with E-state index >= 15 is 0 Å². The summed E-state index contributed by atoms with van der Waals surface area (Å²) < 4.78 is 0. The van der Waals surface area contributed by atoms with Gasteiger partial charge in [-0.2, -0.15) is 0 Å². The molecule has 2 heteroatoms. The topological polar surface area (TPSA) is 20.3 Å². The number of carbonyl (C=O) groups is 1. The maximum atomic E-state index is 10.6. The normalized spacial score (nSPS) is 11.1. The summed E-state index contributed by atoms with van der Waals surface area (Å²) in [6.45, 7) is 0. The van der Waals surface area contributed by atoms with Crippen molar-refractivity contribution in [1.82, 2.24) is 4.90 Å². The van der Waals surface area contributed by atoms with E-state index in [1.54, 1.807) is 4.90 Å². The summed E-state index contributed by atoms with van der Waals surface area (Å²) in [5.41, 5.74) is 1.71. The first-order chi connectivity index (χ1) is 6.24. The van der Waals surface area contributed by atoms with Gasteiger partial charge in [0.1, 0.15) is 0 Å². The molecule has 1 aromatic rings. The molecule has 0 bridgehead atoms. The molecule has 0 aliphatic heterocycles. The largest absolute Gasteiger partial charge is 0.375 e. The number of carbonyl (C=O) groups excluding carboxylic acids is 1. The minimum Gasteiger partial charge on any atom is -0.375 e. The Morgan fingerprint density at radius 2 is 1.85 bits per heavy atom. The molecule has 0 amide bonds. The SMILES string of the molecule is CN(C)/C(C=O)=C\c1ccccc1. The van der Waals surface area contributed by atoms with E-state index in [1.165, 1.54) is 0 Å². The number of nitrogens with zero attached hydrogens (tertiary/aromatic N) is 1. The average Bonchev–Trinajstić information content (AvgIpc) is 2.15. The molecule has 68 valence electrons. The molecule has 2 nitrogen and oxygen atoms in total. The van der Waals surface area contributed by atoms with Crippen LogP contribution in [0, 0.1) is 0 Å². The lowest BCUT2D eigenvalue weighted by Gasteiger charge is -2.10. The van der Waals surface area contributed by atoms with Crippen LogP contribution in [0.1, 0.15) is 5.56 Å². The standard InChI is InChI=1S/C11H13NO/c1-12(2)11(9-13)8-10-6-4-3-5-7-10/h3-9H,1-2H3/b11-8-. The van der Waals surface area contributed by atoms with Crippen molar-refractivity contribution < 1.29 is 4.79 Å². The van der Waals surface area contributed by atoms with Gasteiger partial charge < -0.3 is 4.90 Å². The molecule has 0 radical (unpaired) electrons. The third-order valence-corrected chi connectivity index (χ3v) is 1.75. The van der Waals surface area contributed by atoms with Crippen LogP contribution >= 0.6 is 0 Å². The van der Waals surface area contributed by atoms with Gasteiger partial charge in [-0.1, -0.05) is 30.3 Å². The molecule has 0 fully saturated rings. The fraction of sp³-hybridized carbons (Fsp3) is 0.182. The zero-order valence-corrected chi connectivity index (χ0v) is 7.90. The van der Waals surface area contributed by atoms with Crippen LogP contribution in [0.3, 0.4) is 0 Å². The molecule has 13 heavy (non-hydrogen) atoms. The molecule has 0 aliphatic carbocycles. The van der Waals surface area contributed by atoms with Gasteiger partial charge in [0.05, 0.1) is 5.70 Å². The minimum atomic E-state index is 0.672. The summed E-state index contributed by atoms with van der Waals surface area (Å²) in [4.78, 5) is 12.4. The van der Waals surface area contributed by atoms with Crippen molar-refractivity contribution in [3.05, 3.63) is 41.6 Å². The van der Waals surface area contributed by atoms with Gasteiger partial charge in [-0.05, 0) is 11.6 Å². The predicted molar refractivity (Wildman–Crippen MR) is 54.2 cm³/mol. The molecular weight excluding hydrogens is 162 g/mol. The van der Waals surface area contributed by atoms with E-state index in [4.69, 9.17) is 0 Å². The summed E-state index contributed by atoms with van der Waals surface area (Å²) >= 11 is 0. The van der Waals surface area contributed by atoms with Crippen LogP contribution in [0.5, 0.6) is 0 Å². The van der Waals surface area contributed by atoms with Crippen molar-refractivity contribution in [2.24, 2.45) is 0 Å². The van der Waals surface area contributed by atoms with Gasteiger partial charge >= 0.3 is 0 Å². The van der Waals surface area contributed by atoms with Crippen molar-refractivity contribution >= 4 is 12.4 Å². The second kappa shape index (κ2) is 4.45. The molecule has 0 atom stereocenters. The molecule has 0 heterocycles. The van der Waals surface area contributed by atoms with Crippen LogP contribution in [0.15, 0.2) is 36.0 Å².